The molecule has 0 bridgehead atoms. The van der Waals surface area contributed by atoms with Gasteiger partial charge in [-0.1, -0.05) is 35.9 Å². The number of β-amino-alcohol motifs (C(OH)–C–C–N with tert-alkyl or cyclic N) is 1. The van der Waals surface area contributed by atoms with Crippen molar-refractivity contribution < 1.29 is 9.90 Å². The molecule has 0 saturated carbocycles. The fraction of sp³-hybridized carbons (Fsp3) is 0.316. The molecule has 5 nitrogen and oxygen atoms in total. The molecular formula is C19H23Cl2N3O2. The summed E-state index contributed by atoms with van der Waals surface area (Å²) in [6.07, 6.45) is -0.284. The first kappa shape index (κ1) is 20.7. The number of anilines is 1. The highest BCUT2D eigenvalue weighted by atomic mass is 35.5. The monoisotopic (exact) mass is 395 g/mol. The van der Waals surface area contributed by atoms with Crippen molar-refractivity contribution in [3.8, 4) is 0 Å². The highest BCUT2D eigenvalue weighted by Crippen LogP contribution is 2.18. The van der Waals surface area contributed by atoms with Gasteiger partial charge >= 0.3 is 0 Å². The van der Waals surface area contributed by atoms with Gasteiger partial charge in [-0.25, -0.2) is 0 Å². The average molecular weight is 396 g/mol. The van der Waals surface area contributed by atoms with E-state index in [-0.39, 0.29) is 30.3 Å². The van der Waals surface area contributed by atoms with Gasteiger partial charge in [-0.05, 0) is 29.8 Å². The zero-order chi connectivity index (χ0) is 17.6. The van der Waals surface area contributed by atoms with Gasteiger partial charge in [0, 0.05) is 37.8 Å². The lowest BCUT2D eigenvalue weighted by molar-refractivity contribution is 0.102. The van der Waals surface area contributed by atoms with Crippen molar-refractivity contribution in [2.45, 2.75) is 12.6 Å². The molecule has 1 amide bonds. The molecule has 0 aliphatic carbocycles. The third-order valence-electron chi connectivity index (χ3n) is 4.34. The van der Waals surface area contributed by atoms with Crippen molar-refractivity contribution in [1.82, 2.24) is 10.6 Å². The van der Waals surface area contributed by atoms with Crippen LogP contribution in [0.1, 0.15) is 15.9 Å². The minimum Gasteiger partial charge on any atom is -0.391 e. The Balaban J connectivity index is 0.00000243. The van der Waals surface area contributed by atoms with E-state index in [9.17, 15) is 9.90 Å². The van der Waals surface area contributed by atoms with E-state index in [2.05, 4.69) is 16.0 Å². The second-order valence-electron chi connectivity index (χ2n) is 6.25. The van der Waals surface area contributed by atoms with Crippen LogP contribution in [0.25, 0.3) is 0 Å². The number of hydrogen-bond acceptors (Lipinski definition) is 4. The number of nitrogens with one attached hydrogen (secondary N) is 3. The maximum absolute atomic E-state index is 12.3. The van der Waals surface area contributed by atoms with Crippen LogP contribution in [0.5, 0.6) is 0 Å². The first-order chi connectivity index (χ1) is 12.1. The van der Waals surface area contributed by atoms with E-state index in [0.717, 1.165) is 24.3 Å². The van der Waals surface area contributed by atoms with Gasteiger partial charge in [-0.3, -0.25) is 4.79 Å². The molecule has 0 spiro atoms. The van der Waals surface area contributed by atoms with Gasteiger partial charge in [0.25, 0.3) is 5.91 Å². The molecule has 7 heteroatoms. The Morgan fingerprint density at radius 3 is 2.73 bits per heavy atom. The smallest absolute Gasteiger partial charge is 0.257 e. The second kappa shape index (κ2) is 9.90. The van der Waals surface area contributed by atoms with E-state index in [1.807, 2.05) is 24.3 Å². The van der Waals surface area contributed by atoms with Crippen LogP contribution in [0.15, 0.2) is 48.5 Å². The van der Waals surface area contributed by atoms with E-state index in [1.165, 1.54) is 0 Å². The standard InChI is InChI=1S/C19H22ClN3O2.ClH/c20-17-7-2-1-6-16(17)19(25)23-15-5-3-4-13(8-15)9-21-10-14-11-22-12-18(14)24;/h1-8,14,18,21-22,24H,9-12H2,(H,23,25);1H. The predicted octanol–water partition coefficient (Wildman–Crippen LogP) is 2.68. The number of carbonyl (C=O) groups excluding carboxylic acids is 1. The highest BCUT2D eigenvalue weighted by Gasteiger charge is 2.23. The van der Waals surface area contributed by atoms with Gasteiger partial charge in [-0.2, -0.15) is 0 Å². The number of amides is 1. The summed E-state index contributed by atoms with van der Waals surface area (Å²) in [5.41, 5.74) is 2.25. The summed E-state index contributed by atoms with van der Waals surface area (Å²) >= 11 is 6.06. The zero-order valence-corrected chi connectivity index (χ0v) is 15.8. The van der Waals surface area contributed by atoms with Crippen molar-refractivity contribution in [2.24, 2.45) is 5.92 Å². The summed E-state index contributed by atoms with van der Waals surface area (Å²) in [7, 11) is 0. The van der Waals surface area contributed by atoms with Crippen molar-refractivity contribution >= 4 is 35.6 Å². The molecule has 1 aliphatic rings. The summed E-state index contributed by atoms with van der Waals surface area (Å²) in [6.45, 7) is 2.93. The number of aliphatic hydroxyl groups excluding tert-OH is 1. The normalized spacial score (nSPS) is 19.0. The van der Waals surface area contributed by atoms with E-state index < -0.39 is 0 Å². The molecule has 2 unspecified atom stereocenters. The van der Waals surface area contributed by atoms with Gasteiger partial charge in [0.2, 0.25) is 0 Å². The first-order valence-corrected chi connectivity index (χ1v) is 8.75. The summed E-state index contributed by atoms with van der Waals surface area (Å²) in [6, 6.07) is 14.7. The van der Waals surface area contributed by atoms with Gasteiger partial charge in [-0.15, -0.1) is 12.4 Å². The van der Waals surface area contributed by atoms with Gasteiger partial charge in [0.05, 0.1) is 16.7 Å². The molecule has 1 saturated heterocycles. The molecule has 140 valence electrons. The van der Waals surface area contributed by atoms with E-state index in [4.69, 9.17) is 11.6 Å². The number of carbonyl (C=O) groups is 1. The fourth-order valence-corrected chi connectivity index (χ4v) is 3.15. The Kier molecular flexibility index (Phi) is 7.87. The Labute approximate surface area is 164 Å². The van der Waals surface area contributed by atoms with Crippen LogP contribution in [-0.4, -0.2) is 36.8 Å². The maximum atomic E-state index is 12.3. The third kappa shape index (κ3) is 5.43. The molecule has 26 heavy (non-hydrogen) atoms. The van der Waals surface area contributed by atoms with Crippen LogP contribution in [0, 0.1) is 5.92 Å². The zero-order valence-electron chi connectivity index (χ0n) is 14.2. The predicted molar refractivity (Wildman–Crippen MR) is 107 cm³/mol. The SMILES string of the molecule is Cl.O=C(Nc1cccc(CNCC2CNCC2O)c1)c1ccccc1Cl. The highest BCUT2D eigenvalue weighted by molar-refractivity contribution is 6.34. The molecule has 2 aromatic rings. The van der Waals surface area contributed by atoms with Crippen LogP contribution >= 0.6 is 24.0 Å². The van der Waals surface area contributed by atoms with Crippen molar-refractivity contribution in [1.29, 1.82) is 0 Å². The minimum absolute atomic E-state index is 0. The lowest BCUT2D eigenvalue weighted by Crippen LogP contribution is -2.30. The molecule has 1 aliphatic heterocycles. The number of halogens is 2. The molecule has 2 aromatic carbocycles. The average Bonchev–Trinajstić information content (AvgIpc) is 3.01. The van der Waals surface area contributed by atoms with Crippen LogP contribution in [0.4, 0.5) is 5.69 Å². The van der Waals surface area contributed by atoms with E-state index >= 15 is 0 Å². The molecule has 4 N–H and O–H groups in total. The number of rotatable bonds is 6. The summed E-state index contributed by atoms with van der Waals surface area (Å²) < 4.78 is 0. The maximum Gasteiger partial charge on any atom is 0.257 e. The molecule has 3 rings (SSSR count). The van der Waals surface area contributed by atoms with Crippen LogP contribution < -0.4 is 16.0 Å². The minimum atomic E-state index is -0.284. The van der Waals surface area contributed by atoms with Crippen LogP contribution in [-0.2, 0) is 6.54 Å². The summed E-state index contributed by atoms with van der Waals surface area (Å²) in [4.78, 5) is 12.3. The molecule has 1 fully saturated rings. The second-order valence-corrected chi connectivity index (χ2v) is 6.66. The largest absolute Gasteiger partial charge is 0.391 e. The Morgan fingerprint density at radius 2 is 2.00 bits per heavy atom. The fourth-order valence-electron chi connectivity index (χ4n) is 2.93. The molecule has 0 radical (unpaired) electrons. The molecule has 2 atom stereocenters. The van der Waals surface area contributed by atoms with Crippen LogP contribution in [0.3, 0.4) is 0 Å². The summed E-state index contributed by atoms with van der Waals surface area (Å²) in [5, 5.41) is 19.6. The number of hydrogen-bond donors (Lipinski definition) is 4. The Hall–Kier alpha value is -1.63. The first-order valence-electron chi connectivity index (χ1n) is 8.38. The van der Waals surface area contributed by atoms with E-state index in [1.54, 1.807) is 24.3 Å². The summed E-state index contributed by atoms with van der Waals surface area (Å²) in [5.74, 6) is 0.0129. The molecule has 0 aromatic heterocycles. The van der Waals surface area contributed by atoms with Gasteiger partial charge in [0.15, 0.2) is 0 Å². The van der Waals surface area contributed by atoms with Crippen molar-refractivity contribution in [2.75, 3.05) is 25.0 Å². The van der Waals surface area contributed by atoms with Crippen molar-refractivity contribution in [3.05, 3.63) is 64.7 Å². The quantitative estimate of drug-likeness (QED) is 0.606. The van der Waals surface area contributed by atoms with Crippen molar-refractivity contribution in [3.63, 3.8) is 0 Å². The topological polar surface area (TPSA) is 73.4 Å². The van der Waals surface area contributed by atoms with Gasteiger partial charge < -0.3 is 21.1 Å². The lowest BCUT2D eigenvalue weighted by atomic mass is 10.1. The third-order valence-corrected chi connectivity index (χ3v) is 4.67. The van der Waals surface area contributed by atoms with Crippen LogP contribution in [0.2, 0.25) is 5.02 Å². The lowest BCUT2D eigenvalue weighted by Gasteiger charge is -2.14. The Bertz CT molecular complexity index is 742. The van der Waals surface area contributed by atoms with Gasteiger partial charge in [0.1, 0.15) is 0 Å². The molecular weight excluding hydrogens is 373 g/mol. The number of benzene rings is 2. The Morgan fingerprint density at radius 1 is 1.19 bits per heavy atom. The molecule has 1 heterocycles. The number of aliphatic hydroxyl groups is 1. The van der Waals surface area contributed by atoms with E-state index in [0.29, 0.717) is 23.7 Å².